The van der Waals surface area contributed by atoms with Gasteiger partial charge in [-0.2, -0.15) is 0 Å². The summed E-state index contributed by atoms with van der Waals surface area (Å²) >= 11 is 1.50. The fourth-order valence-electron chi connectivity index (χ4n) is 3.25. The first-order valence-electron chi connectivity index (χ1n) is 8.46. The third kappa shape index (κ3) is 4.09. The van der Waals surface area contributed by atoms with Crippen LogP contribution in [0.15, 0.2) is 51.3 Å². The maximum absolute atomic E-state index is 14.3. The standard InChI is InChI=1S/C20H22FNO3S/c1-14-9-18(4-3-15(14)13-22-23)26-19-11-16(10-17(21)12-19)20(24-2)5-7-25-8-6-20/h3-4,9-13,23H,5-8H2,1-2H3. The van der Waals surface area contributed by atoms with Crippen molar-refractivity contribution in [2.45, 2.75) is 35.2 Å². The quantitative estimate of drug-likeness (QED) is 0.466. The van der Waals surface area contributed by atoms with Gasteiger partial charge in [0, 0.05) is 43.0 Å². The van der Waals surface area contributed by atoms with E-state index in [1.807, 2.05) is 31.2 Å². The first kappa shape index (κ1) is 18.9. The van der Waals surface area contributed by atoms with Crippen LogP contribution in [-0.2, 0) is 15.1 Å². The van der Waals surface area contributed by atoms with E-state index < -0.39 is 5.60 Å². The fraction of sp³-hybridized carbons (Fsp3) is 0.350. The SMILES string of the molecule is COC1(c2cc(F)cc(Sc3ccc(C=NO)c(C)c3)c2)CCOCC1. The first-order chi connectivity index (χ1) is 12.6. The number of ether oxygens (including phenoxy) is 2. The lowest BCUT2D eigenvalue weighted by Gasteiger charge is -2.36. The number of hydrogen-bond donors (Lipinski definition) is 1. The van der Waals surface area contributed by atoms with E-state index in [-0.39, 0.29) is 5.82 Å². The van der Waals surface area contributed by atoms with Gasteiger partial charge in [0.15, 0.2) is 0 Å². The van der Waals surface area contributed by atoms with Crippen molar-refractivity contribution in [1.82, 2.24) is 0 Å². The van der Waals surface area contributed by atoms with Gasteiger partial charge in [-0.3, -0.25) is 0 Å². The molecule has 6 heteroatoms. The molecular formula is C20H22FNO3S. The Bertz CT molecular complexity index is 804. The smallest absolute Gasteiger partial charge is 0.124 e. The van der Waals surface area contributed by atoms with E-state index >= 15 is 0 Å². The molecule has 138 valence electrons. The number of halogens is 1. The Kier molecular flexibility index (Phi) is 5.96. The molecule has 0 amide bonds. The van der Waals surface area contributed by atoms with E-state index in [1.165, 1.54) is 24.0 Å². The molecule has 0 atom stereocenters. The lowest BCUT2D eigenvalue weighted by atomic mass is 9.86. The summed E-state index contributed by atoms with van der Waals surface area (Å²) in [6, 6.07) is 10.9. The van der Waals surface area contributed by atoms with E-state index in [2.05, 4.69) is 5.16 Å². The zero-order valence-electron chi connectivity index (χ0n) is 14.9. The fourth-order valence-corrected chi connectivity index (χ4v) is 4.25. The highest BCUT2D eigenvalue weighted by atomic mass is 32.2. The molecule has 1 heterocycles. The highest BCUT2D eigenvalue weighted by molar-refractivity contribution is 7.99. The Morgan fingerprint density at radius 1 is 1.19 bits per heavy atom. The lowest BCUT2D eigenvalue weighted by molar-refractivity contribution is -0.0950. The molecule has 0 unspecified atom stereocenters. The Morgan fingerprint density at radius 3 is 2.62 bits per heavy atom. The molecule has 0 saturated carbocycles. The van der Waals surface area contributed by atoms with Gasteiger partial charge < -0.3 is 14.7 Å². The number of nitrogens with zero attached hydrogens (tertiary/aromatic N) is 1. The van der Waals surface area contributed by atoms with Crippen molar-refractivity contribution in [2.24, 2.45) is 5.16 Å². The zero-order valence-corrected chi connectivity index (χ0v) is 15.7. The number of rotatable bonds is 5. The summed E-state index contributed by atoms with van der Waals surface area (Å²) in [5.74, 6) is -0.270. The van der Waals surface area contributed by atoms with E-state index in [1.54, 1.807) is 13.2 Å². The van der Waals surface area contributed by atoms with Crippen molar-refractivity contribution in [1.29, 1.82) is 0 Å². The van der Waals surface area contributed by atoms with Crippen molar-refractivity contribution in [3.63, 3.8) is 0 Å². The highest BCUT2D eigenvalue weighted by Gasteiger charge is 2.35. The molecule has 2 aromatic rings. The van der Waals surface area contributed by atoms with Crippen LogP contribution < -0.4 is 0 Å². The summed E-state index contributed by atoms with van der Waals surface area (Å²) in [6.07, 6.45) is 2.83. The van der Waals surface area contributed by atoms with Gasteiger partial charge in [0.25, 0.3) is 0 Å². The minimum atomic E-state index is -0.493. The van der Waals surface area contributed by atoms with Crippen LogP contribution in [0.1, 0.15) is 29.5 Å². The molecule has 1 fully saturated rings. The van der Waals surface area contributed by atoms with Crippen molar-refractivity contribution in [3.8, 4) is 0 Å². The molecular weight excluding hydrogens is 353 g/mol. The van der Waals surface area contributed by atoms with Crippen LogP contribution in [-0.4, -0.2) is 31.7 Å². The average Bonchev–Trinajstić information content (AvgIpc) is 2.64. The summed E-state index contributed by atoms with van der Waals surface area (Å²) in [7, 11) is 1.67. The van der Waals surface area contributed by atoms with Crippen molar-refractivity contribution < 1.29 is 19.1 Å². The van der Waals surface area contributed by atoms with Gasteiger partial charge in [-0.15, -0.1) is 0 Å². The van der Waals surface area contributed by atoms with Gasteiger partial charge >= 0.3 is 0 Å². The normalized spacial score (nSPS) is 16.9. The summed E-state index contributed by atoms with van der Waals surface area (Å²) in [5, 5.41) is 11.7. The first-order valence-corrected chi connectivity index (χ1v) is 9.28. The Hall–Kier alpha value is -1.89. The lowest BCUT2D eigenvalue weighted by Crippen LogP contribution is -2.35. The number of methoxy groups -OCH3 is 1. The molecule has 4 nitrogen and oxygen atoms in total. The van der Waals surface area contributed by atoms with E-state index in [0.29, 0.717) is 26.1 Å². The maximum Gasteiger partial charge on any atom is 0.124 e. The monoisotopic (exact) mass is 375 g/mol. The van der Waals surface area contributed by atoms with Crippen LogP contribution in [0.25, 0.3) is 0 Å². The predicted molar refractivity (Wildman–Crippen MR) is 99.8 cm³/mol. The number of hydrogen-bond acceptors (Lipinski definition) is 5. The van der Waals surface area contributed by atoms with Crippen molar-refractivity contribution in [2.75, 3.05) is 20.3 Å². The Balaban J connectivity index is 1.89. The van der Waals surface area contributed by atoms with Gasteiger partial charge in [-0.25, -0.2) is 4.39 Å². The molecule has 1 saturated heterocycles. The topological polar surface area (TPSA) is 51.0 Å². The molecule has 26 heavy (non-hydrogen) atoms. The molecule has 1 N–H and O–H groups in total. The van der Waals surface area contributed by atoms with E-state index in [0.717, 1.165) is 26.5 Å². The molecule has 1 aliphatic heterocycles. The number of benzene rings is 2. The largest absolute Gasteiger partial charge is 0.411 e. The second-order valence-electron chi connectivity index (χ2n) is 6.35. The number of oxime groups is 1. The number of aryl methyl sites for hydroxylation is 1. The zero-order chi connectivity index (χ0) is 18.6. The third-order valence-electron chi connectivity index (χ3n) is 4.76. The Labute approximate surface area is 157 Å². The molecule has 2 aromatic carbocycles. The van der Waals surface area contributed by atoms with Crippen LogP contribution in [0.2, 0.25) is 0 Å². The van der Waals surface area contributed by atoms with Crippen LogP contribution in [0.3, 0.4) is 0 Å². The minimum absolute atomic E-state index is 0.270. The summed E-state index contributed by atoms with van der Waals surface area (Å²) in [5.41, 5.74) is 2.19. The van der Waals surface area contributed by atoms with Crippen LogP contribution in [0.5, 0.6) is 0 Å². The van der Waals surface area contributed by atoms with Crippen molar-refractivity contribution in [3.05, 3.63) is 58.9 Å². The minimum Gasteiger partial charge on any atom is -0.411 e. The van der Waals surface area contributed by atoms with Crippen LogP contribution in [0.4, 0.5) is 4.39 Å². The van der Waals surface area contributed by atoms with Gasteiger partial charge in [0.1, 0.15) is 5.82 Å². The van der Waals surface area contributed by atoms with Gasteiger partial charge in [0.2, 0.25) is 0 Å². The van der Waals surface area contributed by atoms with Crippen molar-refractivity contribution >= 4 is 18.0 Å². The van der Waals surface area contributed by atoms with Gasteiger partial charge in [-0.1, -0.05) is 23.0 Å². The molecule has 0 aliphatic carbocycles. The predicted octanol–water partition coefficient (Wildman–Crippen LogP) is 4.75. The summed E-state index contributed by atoms with van der Waals surface area (Å²) in [6.45, 7) is 3.17. The molecule has 0 bridgehead atoms. The van der Waals surface area contributed by atoms with E-state index in [9.17, 15) is 4.39 Å². The molecule has 0 radical (unpaired) electrons. The third-order valence-corrected chi connectivity index (χ3v) is 5.72. The second kappa shape index (κ2) is 8.20. The molecule has 1 aliphatic rings. The Morgan fingerprint density at radius 2 is 1.96 bits per heavy atom. The van der Waals surface area contributed by atoms with Gasteiger partial charge in [0.05, 0.1) is 11.8 Å². The average molecular weight is 375 g/mol. The van der Waals surface area contributed by atoms with Crippen LogP contribution in [0, 0.1) is 12.7 Å². The second-order valence-corrected chi connectivity index (χ2v) is 7.50. The van der Waals surface area contributed by atoms with Gasteiger partial charge in [-0.05, 0) is 53.9 Å². The van der Waals surface area contributed by atoms with Crippen LogP contribution >= 0.6 is 11.8 Å². The molecule has 3 rings (SSSR count). The molecule has 0 spiro atoms. The van der Waals surface area contributed by atoms with E-state index in [4.69, 9.17) is 14.7 Å². The summed E-state index contributed by atoms with van der Waals surface area (Å²) in [4.78, 5) is 1.82. The highest BCUT2D eigenvalue weighted by Crippen LogP contribution is 2.39. The maximum atomic E-state index is 14.3. The molecule has 0 aromatic heterocycles. The summed E-state index contributed by atoms with van der Waals surface area (Å²) < 4.78 is 25.5.